The van der Waals surface area contributed by atoms with Crippen LogP contribution in [0, 0.1) is 0 Å². The van der Waals surface area contributed by atoms with Crippen LogP contribution >= 0.6 is 11.6 Å². The van der Waals surface area contributed by atoms with Crippen molar-refractivity contribution in [2.45, 2.75) is 6.42 Å². The maximum atomic E-state index is 11.7. The first-order chi connectivity index (χ1) is 7.00. The highest BCUT2D eigenvalue weighted by Gasteiger charge is 2.11. The number of halogens is 1. The molecule has 82 valence electrons. The smallest absolute Gasteiger partial charge is 0.167 e. The average Bonchev–Trinajstić information content (AvgIpc) is 2.18. The van der Waals surface area contributed by atoms with Crippen molar-refractivity contribution >= 4 is 17.4 Å². The first-order valence-electron chi connectivity index (χ1n) is 4.67. The number of hydrogen-bond acceptors (Lipinski definition) is 3. The van der Waals surface area contributed by atoms with E-state index in [9.17, 15) is 9.90 Å². The molecule has 1 aromatic carbocycles. The minimum Gasteiger partial charge on any atom is -0.507 e. The Morgan fingerprint density at radius 1 is 1.47 bits per heavy atom. The second-order valence-corrected chi connectivity index (χ2v) is 4.07. The van der Waals surface area contributed by atoms with Gasteiger partial charge in [-0.1, -0.05) is 11.6 Å². The second kappa shape index (κ2) is 5.14. The van der Waals surface area contributed by atoms with Gasteiger partial charge in [-0.15, -0.1) is 0 Å². The Morgan fingerprint density at radius 3 is 2.73 bits per heavy atom. The average molecular weight is 228 g/mol. The van der Waals surface area contributed by atoms with Crippen molar-refractivity contribution in [2.24, 2.45) is 0 Å². The lowest BCUT2D eigenvalue weighted by Gasteiger charge is -2.09. The molecule has 0 bridgehead atoms. The van der Waals surface area contributed by atoms with Crippen molar-refractivity contribution < 1.29 is 9.90 Å². The van der Waals surface area contributed by atoms with Gasteiger partial charge in [0.1, 0.15) is 5.75 Å². The molecule has 3 nitrogen and oxygen atoms in total. The predicted molar refractivity (Wildman–Crippen MR) is 60.6 cm³/mol. The Balaban J connectivity index is 2.77. The largest absolute Gasteiger partial charge is 0.507 e. The summed E-state index contributed by atoms with van der Waals surface area (Å²) in [5, 5.41) is 9.94. The van der Waals surface area contributed by atoms with E-state index < -0.39 is 0 Å². The minimum absolute atomic E-state index is 0.0110. The molecule has 0 saturated heterocycles. The van der Waals surface area contributed by atoms with Crippen LogP contribution in [0.2, 0.25) is 5.02 Å². The topological polar surface area (TPSA) is 40.5 Å². The van der Waals surface area contributed by atoms with Crippen LogP contribution in [0.1, 0.15) is 16.8 Å². The van der Waals surface area contributed by atoms with Gasteiger partial charge in [-0.05, 0) is 32.3 Å². The molecule has 0 aliphatic carbocycles. The standard InChI is InChI=1S/C11H14ClNO2/c1-13(2)6-5-11(15)9-7-8(12)3-4-10(9)14/h3-4,7,14H,5-6H2,1-2H3. The van der Waals surface area contributed by atoms with Gasteiger partial charge in [0, 0.05) is 18.0 Å². The zero-order valence-electron chi connectivity index (χ0n) is 8.83. The number of ketones is 1. The van der Waals surface area contributed by atoms with E-state index in [1.165, 1.54) is 12.1 Å². The van der Waals surface area contributed by atoms with Crippen LogP contribution in [0.5, 0.6) is 5.75 Å². The molecule has 0 saturated carbocycles. The first-order valence-corrected chi connectivity index (χ1v) is 5.05. The summed E-state index contributed by atoms with van der Waals surface area (Å²) in [5.74, 6) is -0.105. The van der Waals surface area contributed by atoms with E-state index in [1.807, 2.05) is 19.0 Å². The molecule has 1 rings (SSSR count). The van der Waals surface area contributed by atoms with Gasteiger partial charge in [-0.3, -0.25) is 4.79 Å². The van der Waals surface area contributed by atoms with Gasteiger partial charge < -0.3 is 10.0 Å². The number of carbonyl (C=O) groups is 1. The summed E-state index contributed by atoms with van der Waals surface area (Å²) in [5.41, 5.74) is 0.296. The van der Waals surface area contributed by atoms with Crippen LogP contribution in [0.4, 0.5) is 0 Å². The van der Waals surface area contributed by atoms with Gasteiger partial charge in [0.25, 0.3) is 0 Å². The first kappa shape index (κ1) is 12.0. The highest BCUT2D eigenvalue weighted by Crippen LogP contribution is 2.22. The molecule has 0 aromatic heterocycles. The number of aromatic hydroxyl groups is 1. The normalized spacial score (nSPS) is 10.7. The van der Waals surface area contributed by atoms with E-state index in [0.717, 1.165) is 0 Å². The second-order valence-electron chi connectivity index (χ2n) is 3.64. The van der Waals surface area contributed by atoms with Crippen LogP contribution in [-0.2, 0) is 0 Å². The van der Waals surface area contributed by atoms with Crippen LogP contribution in [0.15, 0.2) is 18.2 Å². The Kier molecular flexibility index (Phi) is 4.12. The molecule has 15 heavy (non-hydrogen) atoms. The molecule has 0 unspecified atom stereocenters. The molecular weight excluding hydrogens is 214 g/mol. The number of nitrogens with zero attached hydrogens (tertiary/aromatic N) is 1. The number of carbonyl (C=O) groups excluding carboxylic acids is 1. The highest BCUT2D eigenvalue weighted by atomic mass is 35.5. The van der Waals surface area contributed by atoms with E-state index in [1.54, 1.807) is 6.07 Å². The molecule has 0 aliphatic rings. The predicted octanol–water partition coefficient (Wildman–Crippen LogP) is 2.18. The lowest BCUT2D eigenvalue weighted by molar-refractivity contribution is 0.0970. The zero-order chi connectivity index (χ0) is 11.4. The molecule has 0 heterocycles. The molecule has 0 radical (unpaired) electrons. The molecule has 0 spiro atoms. The fourth-order valence-electron chi connectivity index (χ4n) is 1.19. The Morgan fingerprint density at radius 2 is 2.13 bits per heavy atom. The number of hydrogen-bond donors (Lipinski definition) is 1. The number of Topliss-reactive ketones (excluding diaryl/α,β-unsaturated/α-hetero) is 1. The lowest BCUT2D eigenvalue weighted by Crippen LogP contribution is -2.16. The van der Waals surface area contributed by atoms with Crippen molar-refractivity contribution in [2.75, 3.05) is 20.6 Å². The van der Waals surface area contributed by atoms with Gasteiger partial charge in [0.05, 0.1) is 5.56 Å². The van der Waals surface area contributed by atoms with Gasteiger partial charge in [0.2, 0.25) is 0 Å². The molecule has 0 amide bonds. The molecule has 4 heteroatoms. The summed E-state index contributed by atoms with van der Waals surface area (Å²) in [6.07, 6.45) is 0.376. The van der Waals surface area contributed by atoms with Crippen molar-refractivity contribution in [3.63, 3.8) is 0 Å². The number of rotatable bonds is 4. The maximum absolute atomic E-state index is 11.7. The third-order valence-corrected chi connectivity index (χ3v) is 2.28. The van der Waals surface area contributed by atoms with E-state index in [2.05, 4.69) is 0 Å². The van der Waals surface area contributed by atoms with E-state index >= 15 is 0 Å². The third-order valence-electron chi connectivity index (χ3n) is 2.05. The SMILES string of the molecule is CN(C)CCC(=O)c1cc(Cl)ccc1O. The van der Waals surface area contributed by atoms with Crippen molar-refractivity contribution in [1.82, 2.24) is 4.90 Å². The molecule has 0 aliphatic heterocycles. The summed E-state index contributed by atoms with van der Waals surface area (Å²) in [4.78, 5) is 13.6. The van der Waals surface area contributed by atoms with Gasteiger partial charge in [-0.25, -0.2) is 0 Å². The van der Waals surface area contributed by atoms with Crippen molar-refractivity contribution in [3.8, 4) is 5.75 Å². The number of phenols is 1. The Hall–Kier alpha value is -1.06. The van der Waals surface area contributed by atoms with Crippen LogP contribution < -0.4 is 0 Å². The number of benzene rings is 1. The summed E-state index contributed by atoms with van der Waals surface area (Å²) < 4.78 is 0. The monoisotopic (exact) mass is 227 g/mol. The summed E-state index contributed by atoms with van der Waals surface area (Å²) in [6.45, 7) is 0.658. The fraction of sp³-hybridized carbons (Fsp3) is 0.364. The summed E-state index contributed by atoms with van der Waals surface area (Å²) in [7, 11) is 3.79. The molecule has 0 atom stereocenters. The Bertz CT molecular complexity index is 364. The van der Waals surface area contributed by atoms with Gasteiger partial charge >= 0.3 is 0 Å². The fourth-order valence-corrected chi connectivity index (χ4v) is 1.36. The molecule has 1 N–H and O–H groups in total. The van der Waals surface area contributed by atoms with E-state index in [4.69, 9.17) is 11.6 Å². The Labute approximate surface area is 94.3 Å². The quantitative estimate of drug-likeness (QED) is 0.802. The van der Waals surface area contributed by atoms with Gasteiger partial charge in [0.15, 0.2) is 5.78 Å². The number of phenolic OH excluding ortho intramolecular Hbond substituents is 1. The lowest BCUT2D eigenvalue weighted by atomic mass is 10.1. The van der Waals surface area contributed by atoms with E-state index in [0.29, 0.717) is 23.6 Å². The summed E-state index contributed by atoms with van der Waals surface area (Å²) >= 11 is 5.75. The van der Waals surface area contributed by atoms with E-state index in [-0.39, 0.29) is 11.5 Å². The summed E-state index contributed by atoms with van der Waals surface area (Å²) in [6, 6.07) is 4.49. The van der Waals surface area contributed by atoms with Crippen LogP contribution in [0.3, 0.4) is 0 Å². The van der Waals surface area contributed by atoms with Gasteiger partial charge in [-0.2, -0.15) is 0 Å². The third kappa shape index (κ3) is 3.53. The highest BCUT2D eigenvalue weighted by molar-refractivity contribution is 6.31. The zero-order valence-corrected chi connectivity index (χ0v) is 9.58. The van der Waals surface area contributed by atoms with Crippen LogP contribution in [0.25, 0.3) is 0 Å². The molecule has 0 fully saturated rings. The van der Waals surface area contributed by atoms with Crippen LogP contribution in [-0.4, -0.2) is 36.4 Å². The molecule has 1 aromatic rings. The maximum Gasteiger partial charge on any atom is 0.167 e. The van der Waals surface area contributed by atoms with Crippen molar-refractivity contribution in [3.05, 3.63) is 28.8 Å². The van der Waals surface area contributed by atoms with Crippen molar-refractivity contribution in [1.29, 1.82) is 0 Å². The minimum atomic E-state index is -0.0938. The molecular formula is C11H14ClNO2.